The van der Waals surface area contributed by atoms with Crippen molar-refractivity contribution in [2.24, 2.45) is 11.8 Å². The van der Waals surface area contributed by atoms with Crippen molar-refractivity contribution in [3.63, 3.8) is 0 Å². The van der Waals surface area contributed by atoms with Crippen molar-refractivity contribution in [3.8, 4) is 0 Å². The first kappa shape index (κ1) is 11.1. The van der Waals surface area contributed by atoms with E-state index in [2.05, 4.69) is 50.2 Å². The molecule has 0 heterocycles. The first-order valence-electron chi connectivity index (χ1n) is 8.46. The molecule has 0 aromatic heterocycles. The summed E-state index contributed by atoms with van der Waals surface area (Å²) in [6.45, 7) is 4.64. The molecule has 0 heteroatoms. The van der Waals surface area contributed by atoms with E-state index >= 15 is 0 Å². The molecule has 2 fully saturated rings. The largest absolute Gasteiger partial charge is 0.0617 e. The van der Waals surface area contributed by atoms with Crippen molar-refractivity contribution in [1.82, 2.24) is 0 Å². The van der Waals surface area contributed by atoms with Crippen LogP contribution >= 0.6 is 0 Å². The molecule has 2 bridgehead atoms. The van der Waals surface area contributed by atoms with Crippen molar-refractivity contribution < 1.29 is 0 Å². The van der Waals surface area contributed by atoms with E-state index in [0.29, 0.717) is 0 Å². The molecular weight excluding hydrogens is 252 g/mol. The Morgan fingerprint density at radius 1 is 0.667 bits per heavy atom. The summed E-state index contributed by atoms with van der Waals surface area (Å²) in [6, 6.07) is 14.0. The first-order valence-corrected chi connectivity index (χ1v) is 8.46. The second-order valence-electron chi connectivity index (χ2n) is 7.82. The minimum atomic E-state index is 0.889. The normalized spacial score (nSPS) is 39.7. The van der Waals surface area contributed by atoms with Crippen molar-refractivity contribution >= 4 is 0 Å². The van der Waals surface area contributed by atoms with E-state index in [9.17, 15) is 0 Å². The van der Waals surface area contributed by atoms with Crippen LogP contribution in [0.25, 0.3) is 0 Å². The molecule has 21 heavy (non-hydrogen) atoms. The van der Waals surface area contributed by atoms with Gasteiger partial charge in [0.25, 0.3) is 0 Å². The predicted octanol–water partition coefficient (Wildman–Crippen LogP) is 5.01. The molecule has 0 nitrogen and oxygen atoms in total. The average Bonchev–Trinajstić information content (AvgIpc) is 2.87. The molecule has 0 radical (unpaired) electrons. The van der Waals surface area contributed by atoms with Gasteiger partial charge in [-0.05, 0) is 89.2 Å². The molecule has 2 saturated carbocycles. The van der Waals surface area contributed by atoms with Crippen LogP contribution in [-0.2, 0) is 0 Å². The van der Waals surface area contributed by atoms with E-state index in [0.717, 1.165) is 35.5 Å². The zero-order valence-corrected chi connectivity index (χ0v) is 12.6. The molecular formula is C21H20. The van der Waals surface area contributed by atoms with E-state index < -0.39 is 0 Å². The summed E-state index contributed by atoms with van der Waals surface area (Å²) >= 11 is 0. The predicted molar refractivity (Wildman–Crippen MR) is 84.9 cm³/mol. The monoisotopic (exact) mass is 272 g/mol. The van der Waals surface area contributed by atoms with Gasteiger partial charge in [0.1, 0.15) is 0 Å². The van der Waals surface area contributed by atoms with Crippen molar-refractivity contribution in [1.29, 1.82) is 0 Å². The molecule has 4 atom stereocenters. The van der Waals surface area contributed by atoms with Gasteiger partial charge in [-0.1, -0.05) is 36.4 Å². The highest BCUT2D eigenvalue weighted by Gasteiger charge is 2.67. The lowest BCUT2D eigenvalue weighted by Gasteiger charge is -2.55. The van der Waals surface area contributed by atoms with Crippen LogP contribution in [0.1, 0.15) is 63.5 Å². The zero-order valence-electron chi connectivity index (χ0n) is 12.6. The number of hydrogen-bond donors (Lipinski definition) is 0. The van der Waals surface area contributed by atoms with E-state index in [1.54, 1.807) is 33.4 Å². The van der Waals surface area contributed by atoms with Gasteiger partial charge in [-0.2, -0.15) is 0 Å². The molecule has 2 aromatic carbocycles. The lowest BCUT2D eigenvalue weighted by molar-refractivity contribution is 0.227. The lowest BCUT2D eigenvalue weighted by atomic mass is 9.49. The van der Waals surface area contributed by atoms with Crippen LogP contribution in [0, 0.1) is 25.7 Å². The molecule has 0 saturated heterocycles. The second-order valence-corrected chi connectivity index (χ2v) is 7.82. The van der Waals surface area contributed by atoms with Gasteiger partial charge in [0.05, 0.1) is 0 Å². The molecule has 4 unspecified atom stereocenters. The maximum atomic E-state index is 2.41. The van der Waals surface area contributed by atoms with Crippen LogP contribution in [0.2, 0.25) is 0 Å². The fraction of sp³-hybridized carbons (Fsp3) is 0.429. The molecule has 0 N–H and O–H groups in total. The Bertz CT molecular complexity index is 734. The summed E-state index contributed by atoms with van der Waals surface area (Å²) in [6.07, 6.45) is 1.48. The summed E-state index contributed by atoms with van der Waals surface area (Å²) in [7, 11) is 0. The third kappa shape index (κ3) is 1.00. The Labute approximate surface area is 126 Å². The summed E-state index contributed by atoms with van der Waals surface area (Å²) in [5.41, 5.74) is 9.95. The van der Waals surface area contributed by atoms with Crippen LogP contribution in [0.15, 0.2) is 36.4 Å². The Hall–Kier alpha value is -1.56. The maximum absolute atomic E-state index is 2.41. The highest BCUT2D eigenvalue weighted by molar-refractivity contribution is 5.61. The molecule has 4 aliphatic rings. The van der Waals surface area contributed by atoms with Crippen LogP contribution in [0.5, 0.6) is 0 Å². The smallest absolute Gasteiger partial charge is 0.00501 e. The molecule has 2 aromatic rings. The van der Waals surface area contributed by atoms with Crippen LogP contribution in [-0.4, -0.2) is 0 Å². The van der Waals surface area contributed by atoms with Gasteiger partial charge in [-0.3, -0.25) is 0 Å². The van der Waals surface area contributed by atoms with Crippen LogP contribution in [0.4, 0.5) is 0 Å². The Morgan fingerprint density at radius 2 is 1.14 bits per heavy atom. The Balaban J connectivity index is 1.53. The SMILES string of the molecule is Cc1cccc2c1C1C3CC(C21)C1c2cccc(C)c2C31. The van der Waals surface area contributed by atoms with Gasteiger partial charge in [0.2, 0.25) is 0 Å². The average molecular weight is 272 g/mol. The summed E-state index contributed by atoms with van der Waals surface area (Å²) < 4.78 is 0. The quantitative estimate of drug-likeness (QED) is 0.591. The standard InChI is InChI=1S/C21H20/c1-10-5-3-7-12-16(10)20-15-9-14(18(12)20)19-13-8-4-6-11(2)17(13)21(15)19/h3-8,14-15,18-21H,9H2,1-2H3. The summed E-state index contributed by atoms with van der Waals surface area (Å²) in [5, 5.41) is 0. The van der Waals surface area contributed by atoms with Crippen LogP contribution < -0.4 is 0 Å². The third-order valence-electron chi connectivity index (χ3n) is 7.26. The minimum absolute atomic E-state index is 0.889. The van der Waals surface area contributed by atoms with Crippen molar-refractivity contribution in [2.45, 2.75) is 43.9 Å². The topological polar surface area (TPSA) is 0 Å². The molecule has 0 aliphatic heterocycles. The van der Waals surface area contributed by atoms with Gasteiger partial charge in [-0.15, -0.1) is 0 Å². The first-order chi connectivity index (χ1) is 10.3. The van der Waals surface area contributed by atoms with Crippen molar-refractivity contribution in [2.75, 3.05) is 0 Å². The van der Waals surface area contributed by atoms with Crippen molar-refractivity contribution in [3.05, 3.63) is 69.8 Å². The van der Waals surface area contributed by atoms with E-state index in [4.69, 9.17) is 0 Å². The second kappa shape index (κ2) is 3.27. The molecule has 104 valence electrons. The van der Waals surface area contributed by atoms with E-state index in [-0.39, 0.29) is 0 Å². The lowest BCUT2D eigenvalue weighted by Crippen LogP contribution is -2.42. The number of fused-ring (bicyclic) bond motifs is 14. The van der Waals surface area contributed by atoms with Gasteiger partial charge in [0, 0.05) is 0 Å². The Morgan fingerprint density at radius 3 is 1.67 bits per heavy atom. The van der Waals surface area contributed by atoms with Gasteiger partial charge in [-0.25, -0.2) is 0 Å². The molecule has 0 amide bonds. The van der Waals surface area contributed by atoms with E-state index in [1.807, 2.05) is 0 Å². The van der Waals surface area contributed by atoms with Crippen LogP contribution in [0.3, 0.4) is 0 Å². The number of hydrogen-bond acceptors (Lipinski definition) is 0. The third-order valence-corrected chi connectivity index (χ3v) is 7.26. The highest BCUT2D eigenvalue weighted by Crippen LogP contribution is 2.79. The van der Waals surface area contributed by atoms with E-state index in [1.165, 1.54) is 6.42 Å². The van der Waals surface area contributed by atoms with Gasteiger partial charge >= 0.3 is 0 Å². The highest BCUT2D eigenvalue weighted by atomic mass is 14.7. The number of rotatable bonds is 0. The molecule has 0 spiro atoms. The fourth-order valence-electron chi connectivity index (χ4n) is 6.75. The minimum Gasteiger partial charge on any atom is -0.0617 e. The van der Waals surface area contributed by atoms with Gasteiger partial charge in [0.15, 0.2) is 0 Å². The maximum Gasteiger partial charge on any atom is -0.00501 e. The summed E-state index contributed by atoms with van der Waals surface area (Å²) in [5.74, 6) is 5.43. The molecule has 6 rings (SSSR count). The number of benzene rings is 2. The Kier molecular flexibility index (Phi) is 1.72. The molecule has 4 aliphatic carbocycles. The fourth-order valence-corrected chi connectivity index (χ4v) is 6.75. The zero-order chi connectivity index (χ0) is 13.9. The van der Waals surface area contributed by atoms with Gasteiger partial charge < -0.3 is 0 Å². The summed E-state index contributed by atoms with van der Waals surface area (Å²) in [4.78, 5) is 0. The number of aryl methyl sites for hydroxylation is 2.